The number of carbonyl (C=O) groups is 1. The summed E-state index contributed by atoms with van der Waals surface area (Å²) in [4.78, 5) is 16.1. The fraction of sp³-hybridized carbons (Fsp3) is 0.158. The molecule has 3 aromatic rings. The van der Waals surface area contributed by atoms with Gasteiger partial charge in [0.1, 0.15) is 11.4 Å². The Balaban J connectivity index is 2.50. The molecule has 2 aromatic carbocycles. The summed E-state index contributed by atoms with van der Waals surface area (Å²) in [5, 5.41) is 11.0. The molecule has 116 valence electrons. The molecule has 0 fully saturated rings. The number of aromatic nitrogens is 1. The molecule has 3 rings (SSSR count). The highest BCUT2D eigenvalue weighted by molar-refractivity contribution is 6.03. The second-order valence-corrected chi connectivity index (χ2v) is 5.79. The van der Waals surface area contributed by atoms with Crippen LogP contribution in [0.2, 0.25) is 0 Å². The normalized spacial score (nSPS) is 10.9. The van der Waals surface area contributed by atoms with Gasteiger partial charge in [0.05, 0.1) is 5.52 Å². The van der Waals surface area contributed by atoms with Crippen LogP contribution in [0.4, 0.5) is 0 Å². The van der Waals surface area contributed by atoms with Crippen molar-refractivity contribution in [2.45, 2.75) is 20.8 Å². The van der Waals surface area contributed by atoms with Gasteiger partial charge in [-0.15, -0.1) is 0 Å². The number of carbonyl (C=O) groups excluding carboxylic acids is 1. The number of phenolic OH excluding ortho intramolecular Hbond substituents is 1. The third-order valence-corrected chi connectivity index (χ3v) is 4.22. The van der Waals surface area contributed by atoms with Crippen LogP contribution in [-0.4, -0.2) is 16.0 Å². The number of rotatable bonds is 2. The van der Waals surface area contributed by atoms with Crippen molar-refractivity contribution in [3.05, 3.63) is 58.8 Å². The van der Waals surface area contributed by atoms with Crippen LogP contribution in [0.1, 0.15) is 27.2 Å². The lowest BCUT2D eigenvalue weighted by molar-refractivity contribution is 0.0996. The third-order valence-electron chi connectivity index (χ3n) is 4.22. The van der Waals surface area contributed by atoms with Crippen LogP contribution >= 0.6 is 0 Å². The van der Waals surface area contributed by atoms with E-state index in [1.807, 2.05) is 39.0 Å². The van der Waals surface area contributed by atoms with E-state index in [-0.39, 0.29) is 11.4 Å². The highest BCUT2D eigenvalue weighted by Gasteiger charge is 2.16. The lowest BCUT2D eigenvalue weighted by atomic mass is 9.92. The van der Waals surface area contributed by atoms with Gasteiger partial charge in [-0.2, -0.15) is 0 Å². The molecule has 1 aromatic heterocycles. The maximum atomic E-state index is 11.7. The molecule has 0 radical (unpaired) electrons. The predicted octanol–water partition coefficient (Wildman–Crippen LogP) is 3.63. The molecule has 0 aliphatic heterocycles. The van der Waals surface area contributed by atoms with Crippen molar-refractivity contribution < 1.29 is 9.90 Å². The van der Waals surface area contributed by atoms with Gasteiger partial charge in [0.15, 0.2) is 0 Å². The average Bonchev–Trinajstić information content (AvgIpc) is 2.52. The molecule has 0 saturated carbocycles. The van der Waals surface area contributed by atoms with Crippen molar-refractivity contribution in [2.75, 3.05) is 0 Å². The van der Waals surface area contributed by atoms with E-state index in [0.29, 0.717) is 0 Å². The minimum absolute atomic E-state index is 0.221. The zero-order chi connectivity index (χ0) is 16.7. The first-order valence-electron chi connectivity index (χ1n) is 7.40. The molecule has 0 unspecified atom stereocenters. The van der Waals surface area contributed by atoms with Gasteiger partial charge in [0.25, 0.3) is 5.91 Å². The maximum absolute atomic E-state index is 11.7. The number of primary amides is 1. The molecule has 0 spiro atoms. The molecule has 1 amide bonds. The first kappa shape index (κ1) is 15.0. The smallest absolute Gasteiger partial charge is 0.267 e. The van der Waals surface area contributed by atoms with Crippen molar-refractivity contribution in [1.82, 2.24) is 4.98 Å². The molecular weight excluding hydrogens is 288 g/mol. The number of hydrogen-bond acceptors (Lipinski definition) is 3. The van der Waals surface area contributed by atoms with E-state index in [1.54, 1.807) is 18.2 Å². The van der Waals surface area contributed by atoms with Gasteiger partial charge in [0, 0.05) is 5.39 Å². The van der Waals surface area contributed by atoms with Crippen LogP contribution in [0, 0.1) is 20.8 Å². The summed E-state index contributed by atoms with van der Waals surface area (Å²) in [6.07, 6.45) is 0. The van der Waals surface area contributed by atoms with Crippen molar-refractivity contribution >= 4 is 16.8 Å². The van der Waals surface area contributed by atoms with E-state index in [1.165, 1.54) is 0 Å². The second-order valence-electron chi connectivity index (χ2n) is 5.79. The topological polar surface area (TPSA) is 76.2 Å². The fourth-order valence-electron chi connectivity index (χ4n) is 2.90. The number of amides is 1. The molecule has 3 N–H and O–H groups in total. The van der Waals surface area contributed by atoms with Crippen molar-refractivity contribution in [1.29, 1.82) is 0 Å². The Morgan fingerprint density at radius 3 is 2.43 bits per heavy atom. The summed E-state index contributed by atoms with van der Waals surface area (Å²) >= 11 is 0. The Labute approximate surface area is 134 Å². The molecule has 0 aliphatic rings. The lowest BCUT2D eigenvalue weighted by Crippen LogP contribution is -2.13. The molecule has 4 heteroatoms. The lowest BCUT2D eigenvalue weighted by Gasteiger charge is -2.15. The number of fused-ring (bicyclic) bond motifs is 1. The predicted molar refractivity (Wildman–Crippen MR) is 91.6 cm³/mol. The Bertz CT molecular complexity index is 946. The number of benzene rings is 2. The van der Waals surface area contributed by atoms with Gasteiger partial charge in [-0.25, -0.2) is 4.98 Å². The van der Waals surface area contributed by atoms with Crippen LogP contribution in [0.25, 0.3) is 22.0 Å². The van der Waals surface area contributed by atoms with Crippen molar-refractivity contribution in [3.8, 4) is 16.9 Å². The van der Waals surface area contributed by atoms with Gasteiger partial charge in [-0.05, 0) is 60.7 Å². The monoisotopic (exact) mass is 306 g/mol. The van der Waals surface area contributed by atoms with Crippen LogP contribution in [0.5, 0.6) is 5.75 Å². The Kier molecular flexibility index (Phi) is 3.52. The highest BCUT2D eigenvalue weighted by atomic mass is 16.3. The van der Waals surface area contributed by atoms with Gasteiger partial charge >= 0.3 is 0 Å². The molecule has 23 heavy (non-hydrogen) atoms. The minimum Gasteiger partial charge on any atom is -0.508 e. The molecule has 1 heterocycles. The standard InChI is InChI=1S/C19H18N2O2/c1-10-7-8-11(2)18-17(10)14(9-15(21-18)19(20)23)13-5-4-6-16(22)12(13)3/h4-9,22H,1-3H3,(H2,20,23). The van der Waals surface area contributed by atoms with E-state index >= 15 is 0 Å². The number of pyridine rings is 1. The zero-order valence-electron chi connectivity index (χ0n) is 13.3. The first-order chi connectivity index (χ1) is 10.9. The molecule has 0 bridgehead atoms. The Hall–Kier alpha value is -2.88. The summed E-state index contributed by atoms with van der Waals surface area (Å²) in [6, 6.07) is 11.1. The van der Waals surface area contributed by atoms with E-state index in [9.17, 15) is 9.90 Å². The highest BCUT2D eigenvalue weighted by Crippen LogP contribution is 2.36. The molecule has 0 saturated heterocycles. The van der Waals surface area contributed by atoms with Gasteiger partial charge in [-0.1, -0.05) is 24.3 Å². The van der Waals surface area contributed by atoms with Crippen LogP contribution in [0.15, 0.2) is 36.4 Å². The van der Waals surface area contributed by atoms with E-state index in [2.05, 4.69) is 4.98 Å². The molecule has 0 aliphatic carbocycles. The largest absolute Gasteiger partial charge is 0.508 e. The van der Waals surface area contributed by atoms with Crippen molar-refractivity contribution in [3.63, 3.8) is 0 Å². The average molecular weight is 306 g/mol. The summed E-state index contributed by atoms with van der Waals surface area (Å²) in [5.74, 6) is -0.342. The number of phenols is 1. The second kappa shape index (κ2) is 5.39. The van der Waals surface area contributed by atoms with Crippen molar-refractivity contribution in [2.24, 2.45) is 5.73 Å². The van der Waals surface area contributed by atoms with Crippen LogP contribution in [0.3, 0.4) is 0 Å². The molecule has 4 nitrogen and oxygen atoms in total. The van der Waals surface area contributed by atoms with Crippen LogP contribution < -0.4 is 5.73 Å². The number of hydrogen-bond donors (Lipinski definition) is 2. The summed E-state index contributed by atoms with van der Waals surface area (Å²) < 4.78 is 0. The summed E-state index contributed by atoms with van der Waals surface area (Å²) in [5.41, 5.74) is 11.0. The van der Waals surface area contributed by atoms with Gasteiger partial charge in [-0.3, -0.25) is 4.79 Å². The molecular formula is C19H18N2O2. The third kappa shape index (κ3) is 2.42. The van der Waals surface area contributed by atoms with E-state index < -0.39 is 5.91 Å². The Morgan fingerprint density at radius 1 is 1.04 bits per heavy atom. The minimum atomic E-state index is -0.563. The zero-order valence-corrected chi connectivity index (χ0v) is 13.3. The Morgan fingerprint density at radius 2 is 1.74 bits per heavy atom. The number of nitrogens with zero attached hydrogens (tertiary/aromatic N) is 1. The van der Waals surface area contributed by atoms with Gasteiger partial charge in [0.2, 0.25) is 0 Å². The van der Waals surface area contributed by atoms with E-state index in [0.717, 1.165) is 38.7 Å². The number of aromatic hydroxyl groups is 1. The van der Waals surface area contributed by atoms with E-state index in [4.69, 9.17) is 5.73 Å². The number of aryl methyl sites for hydroxylation is 2. The first-order valence-corrected chi connectivity index (χ1v) is 7.40. The summed E-state index contributed by atoms with van der Waals surface area (Å²) in [7, 11) is 0. The summed E-state index contributed by atoms with van der Waals surface area (Å²) in [6.45, 7) is 5.82. The number of nitrogens with two attached hydrogens (primary N) is 1. The quantitative estimate of drug-likeness (QED) is 0.759. The molecule has 0 atom stereocenters. The van der Waals surface area contributed by atoms with Crippen LogP contribution in [-0.2, 0) is 0 Å². The SMILES string of the molecule is Cc1c(O)cccc1-c1cc(C(N)=O)nc2c(C)ccc(C)c12. The maximum Gasteiger partial charge on any atom is 0.267 e. The fourth-order valence-corrected chi connectivity index (χ4v) is 2.90. The van der Waals surface area contributed by atoms with Gasteiger partial charge < -0.3 is 10.8 Å².